The van der Waals surface area contributed by atoms with Gasteiger partial charge in [-0.2, -0.15) is 14.6 Å². The molecule has 32 heavy (non-hydrogen) atoms. The van der Waals surface area contributed by atoms with Crippen molar-refractivity contribution in [1.29, 1.82) is 5.26 Å². The molecule has 3 fully saturated rings. The number of fused-ring (bicyclic) bond motifs is 1. The maximum Gasteiger partial charge on any atom is 0.229 e. The predicted molar refractivity (Wildman–Crippen MR) is 124 cm³/mol. The van der Waals surface area contributed by atoms with Crippen LogP contribution in [0.3, 0.4) is 0 Å². The zero-order valence-electron chi connectivity index (χ0n) is 18.9. The zero-order valence-corrected chi connectivity index (χ0v) is 19.7. The first-order valence-corrected chi connectivity index (χ1v) is 11.9. The number of aryl methyl sites for hydroxylation is 2. The summed E-state index contributed by atoms with van der Waals surface area (Å²) in [6, 6.07) is 4.98. The Kier molecular flexibility index (Phi) is 5.75. The van der Waals surface area contributed by atoms with Gasteiger partial charge in [0.05, 0.1) is 29.8 Å². The van der Waals surface area contributed by atoms with Gasteiger partial charge in [-0.05, 0) is 37.9 Å². The number of hydrogen-bond acceptors (Lipinski definition) is 10. The molecule has 0 aromatic carbocycles. The number of ether oxygens (including phenoxy) is 1. The van der Waals surface area contributed by atoms with E-state index in [0.717, 1.165) is 67.8 Å². The molecule has 10 heteroatoms. The average Bonchev–Trinajstić information content (AvgIpc) is 3.37. The molecule has 0 aliphatic carbocycles. The number of rotatable bonds is 6. The number of hydrogen-bond donors (Lipinski definition) is 1. The van der Waals surface area contributed by atoms with Gasteiger partial charge in [0.2, 0.25) is 5.95 Å². The summed E-state index contributed by atoms with van der Waals surface area (Å²) in [5.41, 5.74) is 1.92. The molecule has 3 aliphatic heterocycles. The summed E-state index contributed by atoms with van der Waals surface area (Å²) >= 11 is 1.41. The molecule has 9 nitrogen and oxygen atoms in total. The quantitative estimate of drug-likeness (QED) is 0.705. The third-order valence-corrected chi connectivity index (χ3v) is 7.86. The second kappa shape index (κ2) is 8.56. The summed E-state index contributed by atoms with van der Waals surface area (Å²) in [6.45, 7) is 9.74. The second-order valence-corrected chi connectivity index (χ2v) is 10.1. The second-order valence-electron chi connectivity index (χ2n) is 9.26. The van der Waals surface area contributed by atoms with Crippen LogP contribution in [0.2, 0.25) is 0 Å². The van der Waals surface area contributed by atoms with E-state index in [1.165, 1.54) is 11.5 Å². The fraction of sp³-hybridized carbons (Fsp3) is 0.636. The van der Waals surface area contributed by atoms with E-state index < -0.39 is 0 Å². The van der Waals surface area contributed by atoms with Crippen molar-refractivity contribution in [2.24, 2.45) is 0 Å². The Morgan fingerprint density at radius 3 is 2.88 bits per heavy atom. The minimum atomic E-state index is -0.105. The Morgan fingerprint density at radius 1 is 1.31 bits per heavy atom. The maximum atomic E-state index is 9.62. The van der Waals surface area contributed by atoms with Crippen LogP contribution >= 0.6 is 11.5 Å². The Labute approximate surface area is 193 Å². The molecule has 5 rings (SSSR count). The number of methoxy groups -OCH3 is 1. The fourth-order valence-electron chi connectivity index (χ4n) is 5.33. The lowest BCUT2D eigenvalue weighted by Gasteiger charge is -2.58. The van der Waals surface area contributed by atoms with Crippen LogP contribution in [0.15, 0.2) is 12.3 Å². The van der Waals surface area contributed by atoms with Gasteiger partial charge < -0.3 is 15.0 Å². The van der Waals surface area contributed by atoms with Gasteiger partial charge in [-0.25, -0.2) is 4.98 Å². The zero-order chi connectivity index (χ0) is 22.3. The molecule has 3 saturated heterocycles. The fourth-order valence-corrected chi connectivity index (χ4v) is 5.98. The first-order chi connectivity index (χ1) is 15.5. The minimum Gasteiger partial charge on any atom is -0.380 e. The molecule has 2 aromatic rings. The van der Waals surface area contributed by atoms with Crippen LogP contribution in [-0.2, 0) is 4.74 Å². The first kappa shape index (κ1) is 21.5. The van der Waals surface area contributed by atoms with Crippen molar-refractivity contribution >= 4 is 28.3 Å². The van der Waals surface area contributed by atoms with Crippen molar-refractivity contribution in [3.8, 4) is 6.07 Å². The van der Waals surface area contributed by atoms with Crippen molar-refractivity contribution in [3.63, 3.8) is 0 Å². The van der Waals surface area contributed by atoms with Crippen molar-refractivity contribution < 1.29 is 4.74 Å². The molecule has 5 heterocycles. The summed E-state index contributed by atoms with van der Waals surface area (Å²) in [5, 5.41) is 13.8. The van der Waals surface area contributed by atoms with Crippen LogP contribution in [-0.4, -0.2) is 88.2 Å². The Balaban J connectivity index is 1.29. The molecule has 2 aromatic heterocycles. The third kappa shape index (κ3) is 3.94. The Morgan fingerprint density at radius 2 is 2.16 bits per heavy atom. The number of anilines is 3. The van der Waals surface area contributed by atoms with Gasteiger partial charge in [0.15, 0.2) is 0 Å². The normalized spacial score (nSPS) is 25.2. The summed E-state index contributed by atoms with van der Waals surface area (Å²) in [4.78, 5) is 16.6. The van der Waals surface area contributed by atoms with Gasteiger partial charge in [0.25, 0.3) is 0 Å². The van der Waals surface area contributed by atoms with E-state index in [4.69, 9.17) is 9.72 Å². The summed E-state index contributed by atoms with van der Waals surface area (Å²) in [6.07, 6.45) is 3.82. The topological polar surface area (TPSA) is 93.4 Å². The minimum absolute atomic E-state index is 0.105. The van der Waals surface area contributed by atoms with Gasteiger partial charge in [-0.15, -0.1) is 0 Å². The number of nitriles is 1. The van der Waals surface area contributed by atoms with Crippen molar-refractivity contribution in [2.45, 2.75) is 44.4 Å². The van der Waals surface area contributed by atoms with E-state index in [2.05, 4.69) is 35.4 Å². The molecule has 0 saturated carbocycles. The van der Waals surface area contributed by atoms with E-state index in [1.54, 1.807) is 0 Å². The van der Waals surface area contributed by atoms with E-state index in [9.17, 15) is 5.26 Å². The van der Waals surface area contributed by atoms with E-state index in [1.807, 2.05) is 33.2 Å². The standard InChI is InChI=1S/C22H30N8OS/c1-15-10-24-21(25-19-8-16(2)27-32-19)26-20(15)29-13-22(14-29,4-5-23)30-7-6-28-12-18(31-3)9-17(28)11-30/h8,10,17-18H,4,6-7,9,11-14H2,1-3H3,(H,24,25,26)/t17-,18+/m0/s1. The summed E-state index contributed by atoms with van der Waals surface area (Å²) in [5.74, 6) is 1.52. The largest absolute Gasteiger partial charge is 0.380 e. The molecule has 170 valence electrons. The number of aromatic nitrogens is 3. The highest BCUT2D eigenvalue weighted by Gasteiger charge is 2.51. The highest BCUT2D eigenvalue weighted by molar-refractivity contribution is 7.10. The SMILES string of the molecule is CO[C@@H]1C[C@H]2CN(C3(CC#N)CN(c4nc(Nc5cc(C)ns5)ncc4C)C3)CCN2C1. The van der Waals surface area contributed by atoms with Gasteiger partial charge >= 0.3 is 0 Å². The van der Waals surface area contributed by atoms with Crippen molar-refractivity contribution in [1.82, 2.24) is 24.1 Å². The summed E-state index contributed by atoms with van der Waals surface area (Å²) < 4.78 is 9.92. The van der Waals surface area contributed by atoms with Crippen molar-refractivity contribution in [2.75, 3.05) is 56.6 Å². The number of nitrogens with zero attached hydrogens (tertiary/aromatic N) is 7. The Hall–Kier alpha value is -2.32. The highest BCUT2D eigenvalue weighted by Crippen LogP contribution is 2.38. The molecule has 0 bridgehead atoms. The lowest BCUT2D eigenvalue weighted by Crippen LogP contribution is -2.73. The predicted octanol–water partition coefficient (Wildman–Crippen LogP) is 2.17. The highest BCUT2D eigenvalue weighted by atomic mass is 32.1. The van der Waals surface area contributed by atoms with Gasteiger partial charge in [0.1, 0.15) is 10.8 Å². The molecule has 0 unspecified atom stereocenters. The molecule has 3 aliphatic rings. The van der Waals surface area contributed by atoms with Gasteiger partial charge in [0, 0.05) is 64.2 Å². The lowest BCUT2D eigenvalue weighted by molar-refractivity contribution is -0.000801. The van der Waals surface area contributed by atoms with Crippen LogP contribution in [0.1, 0.15) is 24.1 Å². The number of nitrogens with one attached hydrogen (secondary N) is 1. The molecular weight excluding hydrogens is 424 g/mol. The number of piperazine rings is 1. The van der Waals surface area contributed by atoms with Crippen LogP contribution in [0.4, 0.5) is 16.8 Å². The van der Waals surface area contributed by atoms with E-state index >= 15 is 0 Å². The molecule has 0 amide bonds. The van der Waals surface area contributed by atoms with Crippen LogP contribution in [0.5, 0.6) is 0 Å². The van der Waals surface area contributed by atoms with Crippen molar-refractivity contribution in [3.05, 3.63) is 23.5 Å². The van der Waals surface area contributed by atoms with Crippen LogP contribution < -0.4 is 10.2 Å². The van der Waals surface area contributed by atoms with E-state index in [-0.39, 0.29) is 5.54 Å². The average molecular weight is 455 g/mol. The van der Waals surface area contributed by atoms with Crippen LogP contribution in [0, 0.1) is 25.2 Å². The maximum absolute atomic E-state index is 9.62. The van der Waals surface area contributed by atoms with E-state index in [0.29, 0.717) is 24.5 Å². The van der Waals surface area contributed by atoms with Gasteiger partial charge in [-0.3, -0.25) is 9.80 Å². The van der Waals surface area contributed by atoms with Gasteiger partial charge in [-0.1, -0.05) is 0 Å². The molecule has 2 atom stereocenters. The van der Waals surface area contributed by atoms with Crippen LogP contribution in [0.25, 0.3) is 0 Å². The molecule has 1 N–H and O–H groups in total. The smallest absolute Gasteiger partial charge is 0.229 e. The first-order valence-electron chi connectivity index (χ1n) is 11.2. The third-order valence-electron chi connectivity index (χ3n) is 7.07. The lowest BCUT2D eigenvalue weighted by atomic mass is 9.83. The summed E-state index contributed by atoms with van der Waals surface area (Å²) in [7, 11) is 1.81. The molecule has 0 radical (unpaired) electrons. The Bertz CT molecular complexity index is 1010. The molecular formula is C22H30N8OS. The molecule has 0 spiro atoms. The monoisotopic (exact) mass is 454 g/mol.